The van der Waals surface area contributed by atoms with E-state index in [9.17, 15) is 9.18 Å². The number of ether oxygens (including phenoxy) is 2. The van der Waals surface area contributed by atoms with Crippen LogP contribution in [0.2, 0.25) is 0 Å². The van der Waals surface area contributed by atoms with Gasteiger partial charge in [0.1, 0.15) is 5.52 Å². The quantitative estimate of drug-likeness (QED) is 0.709. The van der Waals surface area contributed by atoms with E-state index in [0.717, 1.165) is 47.5 Å². The van der Waals surface area contributed by atoms with E-state index in [1.165, 1.54) is 13.3 Å². The molecule has 4 rings (SSSR count). The summed E-state index contributed by atoms with van der Waals surface area (Å²) in [5, 5.41) is 11.4. The Balaban J connectivity index is 1.60. The Morgan fingerprint density at radius 1 is 1.41 bits per heavy atom. The molecule has 3 heterocycles. The normalized spacial score (nSPS) is 16.7. The second-order valence-electron chi connectivity index (χ2n) is 6.98. The number of halogens is 1. The summed E-state index contributed by atoms with van der Waals surface area (Å²) >= 11 is 0. The van der Waals surface area contributed by atoms with Gasteiger partial charge in [0.15, 0.2) is 12.0 Å². The van der Waals surface area contributed by atoms with E-state index in [1.54, 1.807) is 4.68 Å². The highest BCUT2D eigenvalue weighted by Gasteiger charge is 2.22. The van der Waals surface area contributed by atoms with Crippen molar-refractivity contribution in [3.63, 3.8) is 0 Å². The maximum absolute atomic E-state index is 13.9. The molecule has 9 heteroatoms. The first-order valence-corrected chi connectivity index (χ1v) is 9.51. The summed E-state index contributed by atoms with van der Waals surface area (Å²) in [4.78, 5) is 16.3. The molecule has 0 radical (unpaired) electrons. The van der Waals surface area contributed by atoms with Crippen LogP contribution in [0.5, 0.6) is 5.88 Å². The van der Waals surface area contributed by atoms with Gasteiger partial charge in [-0.15, -0.1) is 5.10 Å². The van der Waals surface area contributed by atoms with Crippen LogP contribution in [-0.2, 0) is 11.3 Å². The first-order valence-electron chi connectivity index (χ1n) is 9.51. The first kappa shape index (κ1) is 19.3. The molecule has 1 N–H and O–H groups in total. The monoisotopic (exact) mass is 399 g/mol. The molecule has 8 nitrogen and oxygen atoms in total. The van der Waals surface area contributed by atoms with Crippen LogP contribution < -0.4 is 10.1 Å². The van der Waals surface area contributed by atoms with Gasteiger partial charge in [0.05, 0.1) is 18.2 Å². The zero-order valence-electron chi connectivity index (χ0n) is 16.3. The van der Waals surface area contributed by atoms with Crippen molar-refractivity contribution >= 4 is 16.9 Å². The van der Waals surface area contributed by atoms with E-state index in [1.807, 2.05) is 19.1 Å². The fourth-order valence-corrected chi connectivity index (χ4v) is 3.51. The number of nitrogens with zero attached hydrogens (tertiary/aromatic N) is 4. The van der Waals surface area contributed by atoms with Crippen LogP contribution in [0.3, 0.4) is 0 Å². The summed E-state index contributed by atoms with van der Waals surface area (Å²) in [6.45, 7) is 2.91. The van der Waals surface area contributed by atoms with Gasteiger partial charge in [-0.05, 0) is 43.9 Å². The van der Waals surface area contributed by atoms with Gasteiger partial charge in [0.25, 0.3) is 5.91 Å². The molecule has 1 unspecified atom stereocenters. The minimum Gasteiger partial charge on any atom is -0.479 e. The Bertz CT molecular complexity index is 1050. The van der Waals surface area contributed by atoms with Gasteiger partial charge in [-0.25, -0.2) is 14.1 Å². The average molecular weight is 399 g/mol. The fourth-order valence-electron chi connectivity index (χ4n) is 3.51. The van der Waals surface area contributed by atoms with Crippen LogP contribution in [0, 0.1) is 12.7 Å². The number of hydrogen-bond acceptors (Lipinski definition) is 6. The molecular formula is C20H22FN5O3. The van der Waals surface area contributed by atoms with Gasteiger partial charge in [0, 0.05) is 24.9 Å². The van der Waals surface area contributed by atoms with E-state index >= 15 is 0 Å². The summed E-state index contributed by atoms with van der Waals surface area (Å²) in [5.74, 6) is -1.26. The molecule has 1 atom stereocenters. The molecule has 1 aliphatic heterocycles. The van der Waals surface area contributed by atoms with Crippen LogP contribution >= 0.6 is 0 Å². The Kier molecular flexibility index (Phi) is 5.39. The number of carbonyl (C=O) groups is 1. The van der Waals surface area contributed by atoms with Crippen LogP contribution in [0.1, 0.15) is 47.0 Å². The van der Waals surface area contributed by atoms with Crippen molar-refractivity contribution in [2.24, 2.45) is 0 Å². The van der Waals surface area contributed by atoms with Gasteiger partial charge in [-0.3, -0.25) is 4.79 Å². The topological polar surface area (TPSA) is 91.2 Å². The summed E-state index contributed by atoms with van der Waals surface area (Å²) in [6.07, 6.45) is 4.10. The summed E-state index contributed by atoms with van der Waals surface area (Å²) in [5.41, 5.74) is 3.60. The number of carbonyl (C=O) groups excluding carboxylic acids is 1. The highest BCUT2D eigenvalue weighted by molar-refractivity contribution is 5.94. The molecular weight excluding hydrogens is 377 g/mol. The molecule has 1 saturated heterocycles. The predicted molar refractivity (Wildman–Crippen MR) is 103 cm³/mol. The largest absolute Gasteiger partial charge is 0.479 e. The van der Waals surface area contributed by atoms with Crippen molar-refractivity contribution in [1.29, 1.82) is 0 Å². The number of nitrogens with one attached hydrogen (secondary N) is 1. The van der Waals surface area contributed by atoms with Gasteiger partial charge < -0.3 is 14.8 Å². The van der Waals surface area contributed by atoms with Crippen molar-refractivity contribution < 1.29 is 18.7 Å². The molecule has 1 fully saturated rings. The smallest absolute Gasteiger partial charge is 0.253 e. The molecule has 0 saturated carbocycles. The number of pyridine rings is 1. The minimum absolute atomic E-state index is 0.121. The molecule has 2 aromatic heterocycles. The Morgan fingerprint density at radius 2 is 2.28 bits per heavy atom. The molecule has 1 aliphatic rings. The number of benzene rings is 1. The van der Waals surface area contributed by atoms with Crippen molar-refractivity contribution in [3.05, 3.63) is 46.9 Å². The van der Waals surface area contributed by atoms with Crippen molar-refractivity contribution in [2.45, 2.75) is 39.0 Å². The molecule has 152 valence electrons. The summed E-state index contributed by atoms with van der Waals surface area (Å²) < 4.78 is 26.3. The molecule has 0 aliphatic carbocycles. The molecule has 1 aromatic carbocycles. The molecule has 0 bridgehead atoms. The van der Waals surface area contributed by atoms with E-state index in [4.69, 9.17) is 9.47 Å². The lowest BCUT2D eigenvalue weighted by Gasteiger charge is -2.23. The zero-order chi connectivity index (χ0) is 20.4. The van der Waals surface area contributed by atoms with Crippen LogP contribution in [-0.4, -0.2) is 39.6 Å². The average Bonchev–Trinajstić information content (AvgIpc) is 3.17. The Labute approximate surface area is 167 Å². The highest BCUT2D eigenvalue weighted by atomic mass is 19.1. The lowest BCUT2D eigenvalue weighted by atomic mass is 10.1. The lowest BCUT2D eigenvalue weighted by Crippen LogP contribution is -2.25. The summed E-state index contributed by atoms with van der Waals surface area (Å²) in [6, 6.07) is 4.96. The third kappa shape index (κ3) is 3.77. The lowest BCUT2D eigenvalue weighted by molar-refractivity contribution is -0.0378. The number of fused-ring (bicyclic) bond motifs is 1. The van der Waals surface area contributed by atoms with Crippen molar-refractivity contribution in [1.82, 2.24) is 25.3 Å². The van der Waals surface area contributed by atoms with Gasteiger partial charge >= 0.3 is 0 Å². The van der Waals surface area contributed by atoms with Crippen molar-refractivity contribution in [2.75, 3.05) is 13.7 Å². The van der Waals surface area contributed by atoms with Gasteiger partial charge in [-0.2, -0.15) is 0 Å². The van der Waals surface area contributed by atoms with Crippen molar-refractivity contribution in [3.8, 4) is 5.88 Å². The van der Waals surface area contributed by atoms with E-state index in [0.29, 0.717) is 6.61 Å². The zero-order valence-corrected chi connectivity index (χ0v) is 16.3. The van der Waals surface area contributed by atoms with Crippen LogP contribution in [0.15, 0.2) is 24.4 Å². The molecule has 29 heavy (non-hydrogen) atoms. The maximum atomic E-state index is 13.9. The molecule has 0 spiro atoms. The number of aryl methyl sites for hydroxylation is 1. The minimum atomic E-state index is -0.685. The maximum Gasteiger partial charge on any atom is 0.253 e. The number of methoxy groups -OCH3 is 1. The van der Waals surface area contributed by atoms with Crippen LogP contribution in [0.4, 0.5) is 4.39 Å². The first-order chi connectivity index (χ1) is 14.1. The fraction of sp³-hybridized carbons (Fsp3) is 0.400. The van der Waals surface area contributed by atoms with E-state index in [-0.39, 0.29) is 24.2 Å². The SMILES string of the molecule is COc1ncc(C(=O)NCc2c(C)ccc3nnn(C4CCCCO4)c23)cc1F. The number of amides is 1. The predicted octanol–water partition coefficient (Wildman–Crippen LogP) is 2.91. The third-order valence-electron chi connectivity index (χ3n) is 5.09. The van der Waals surface area contributed by atoms with Gasteiger partial charge in [-0.1, -0.05) is 11.3 Å². The standard InChI is InChI=1S/C20H22FN5O3/c1-12-6-7-16-18(26(25-24-16)17-5-3-4-8-29-17)14(12)11-22-19(27)13-9-15(21)20(28-2)23-10-13/h6-7,9-10,17H,3-5,8,11H2,1-2H3,(H,22,27). The Hall–Kier alpha value is -3.07. The van der Waals surface area contributed by atoms with Gasteiger partial charge in [0.2, 0.25) is 5.88 Å². The molecule has 1 amide bonds. The second-order valence-corrected chi connectivity index (χ2v) is 6.98. The van der Waals surface area contributed by atoms with E-state index in [2.05, 4.69) is 20.6 Å². The number of rotatable bonds is 5. The summed E-state index contributed by atoms with van der Waals surface area (Å²) in [7, 11) is 1.32. The Morgan fingerprint density at radius 3 is 3.00 bits per heavy atom. The second kappa shape index (κ2) is 8.12. The highest BCUT2D eigenvalue weighted by Crippen LogP contribution is 2.28. The number of hydrogen-bond donors (Lipinski definition) is 1. The van der Waals surface area contributed by atoms with Crippen LogP contribution in [0.25, 0.3) is 11.0 Å². The third-order valence-corrected chi connectivity index (χ3v) is 5.09. The molecule has 3 aromatic rings. The number of aromatic nitrogens is 4. The van der Waals surface area contributed by atoms with E-state index < -0.39 is 11.7 Å².